The van der Waals surface area contributed by atoms with Crippen LogP contribution in [0.5, 0.6) is 0 Å². The Bertz CT molecular complexity index is 706. The van der Waals surface area contributed by atoms with E-state index < -0.39 is 0 Å². The van der Waals surface area contributed by atoms with Gasteiger partial charge in [-0.2, -0.15) is 0 Å². The Morgan fingerprint density at radius 2 is 1.29 bits per heavy atom. The van der Waals surface area contributed by atoms with E-state index >= 15 is 0 Å². The Morgan fingerprint density at radius 3 is 1.82 bits per heavy atom. The SMILES string of the molecule is [Cu][C]#Cc1c2ccccc2cc2ccccc12. The minimum atomic E-state index is 1.03. The fourth-order valence-corrected chi connectivity index (χ4v) is 2.30. The predicted molar refractivity (Wildman–Crippen MR) is 68.3 cm³/mol. The van der Waals surface area contributed by atoms with Gasteiger partial charge in [0.1, 0.15) is 0 Å². The van der Waals surface area contributed by atoms with Crippen molar-refractivity contribution in [1.29, 1.82) is 0 Å². The maximum absolute atomic E-state index is 4.94. The van der Waals surface area contributed by atoms with Crippen LogP contribution in [0.15, 0.2) is 54.6 Å². The van der Waals surface area contributed by atoms with Crippen molar-refractivity contribution in [3.63, 3.8) is 0 Å². The molecule has 0 aromatic heterocycles. The van der Waals surface area contributed by atoms with Crippen LogP contribution in [0.4, 0.5) is 0 Å². The zero-order valence-electron chi connectivity index (χ0n) is 9.00. The summed E-state index contributed by atoms with van der Waals surface area (Å²) in [6.45, 7) is 0. The summed E-state index contributed by atoms with van der Waals surface area (Å²) in [6.07, 6.45) is 0. The Morgan fingerprint density at radius 1 is 0.765 bits per heavy atom. The van der Waals surface area contributed by atoms with E-state index in [1.807, 2.05) is 24.3 Å². The molecule has 0 N–H and O–H groups in total. The van der Waals surface area contributed by atoms with Crippen molar-refractivity contribution in [2.24, 2.45) is 0 Å². The standard InChI is InChI=1S/C16H9.Cu/c1-2-14-15-9-5-3-7-12(15)11-13-8-4-6-10-16(13)14;/h3-11H;. The molecule has 0 aliphatic heterocycles. The van der Waals surface area contributed by atoms with Gasteiger partial charge in [-0.3, -0.25) is 0 Å². The van der Waals surface area contributed by atoms with Crippen LogP contribution >= 0.6 is 0 Å². The summed E-state index contributed by atoms with van der Waals surface area (Å²) in [5.74, 6) is 3.05. The molecule has 0 radical (unpaired) electrons. The summed E-state index contributed by atoms with van der Waals surface area (Å²) < 4.78 is 0. The van der Waals surface area contributed by atoms with Crippen LogP contribution in [0, 0.1) is 10.7 Å². The first kappa shape index (κ1) is 10.4. The third-order valence-electron chi connectivity index (χ3n) is 2.93. The van der Waals surface area contributed by atoms with Crippen molar-refractivity contribution >= 4 is 21.5 Å². The van der Waals surface area contributed by atoms with Crippen LogP contribution < -0.4 is 0 Å². The molecule has 0 spiro atoms. The molecule has 3 aromatic carbocycles. The summed E-state index contributed by atoms with van der Waals surface area (Å²) in [6, 6.07) is 18.7. The number of rotatable bonds is 0. The molecule has 0 fully saturated rings. The number of hydrogen-bond acceptors (Lipinski definition) is 0. The van der Waals surface area contributed by atoms with Crippen LogP contribution in [-0.2, 0) is 16.0 Å². The molecule has 0 aliphatic carbocycles. The number of fused-ring (bicyclic) bond motifs is 2. The monoisotopic (exact) mass is 264 g/mol. The second-order valence-electron chi connectivity index (χ2n) is 3.89. The summed E-state index contributed by atoms with van der Waals surface area (Å²) in [7, 11) is 0. The van der Waals surface area contributed by atoms with Crippen molar-refractivity contribution in [2.75, 3.05) is 0 Å². The molecule has 0 unspecified atom stereocenters. The van der Waals surface area contributed by atoms with Gasteiger partial charge in [-0.15, -0.1) is 0 Å². The van der Waals surface area contributed by atoms with Crippen molar-refractivity contribution in [2.45, 2.75) is 0 Å². The van der Waals surface area contributed by atoms with Gasteiger partial charge in [-0.25, -0.2) is 0 Å². The van der Waals surface area contributed by atoms with Gasteiger partial charge in [0.25, 0.3) is 0 Å². The molecule has 0 heterocycles. The third kappa shape index (κ3) is 1.72. The fraction of sp³-hybridized carbons (Fsp3) is 0. The molecule has 3 aromatic rings. The molecular formula is C16H9Cu. The number of hydrogen-bond donors (Lipinski definition) is 0. The van der Waals surface area contributed by atoms with Gasteiger partial charge in [0.05, 0.1) is 0 Å². The first-order valence-electron chi connectivity index (χ1n) is 5.38. The number of benzene rings is 3. The average molecular weight is 265 g/mol. The van der Waals surface area contributed by atoms with Gasteiger partial charge >= 0.3 is 108 Å². The molecule has 17 heavy (non-hydrogen) atoms. The fourth-order valence-electron chi connectivity index (χ4n) is 2.19. The zero-order chi connectivity index (χ0) is 11.7. The van der Waals surface area contributed by atoms with E-state index in [2.05, 4.69) is 41.1 Å². The molecule has 0 amide bonds. The van der Waals surface area contributed by atoms with E-state index in [4.69, 9.17) is 16.0 Å². The molecular weight excluding hydrogens is 256 g/mol. The second kappa shape index (κ2) is 4.26. The van der Waals surface area contributed by atoms with E-state index in [1.165, 1.54) is 21.5 Å². The van der Waals surface area contributed by atoms with Crippen molar-refractivity contribution in [1.82, 2.24) is 0 Å². The van der Waals surface area contributed by atoms with Gasteiger partial charge < -0.3 is 0 Å². The van der Waals surface area contributed by atoms with Crippen LogP contribution in [0.25, 0.3) is 21.5 Å². The molecule has 1 heteroatoms. The topological polar surface area (TPSA) is 0 Å². The minimum absolute atomic E-state index is 1.03. The molecule has 0 aliphatic rings. The second-order valence-corrected chi connectivity index (χ2v) is 4.13. The average Bonchev–Trinajstić information content (AvgIpc) is 2.39. The quantitative estimate of drug-likeness (QED) is 0.329. The molecule has 0 saturated heterocycles. The third-order valence-corrected chi connectivity index (χ3v) is 3.05. The Labute approximate surface area is 108 Å². The van der Waals surface area contributed by atoms with Crippen LogP contribution in [0.1, 0.15) is 5.56 Å². The van der Waals surface area contributed by atoms with Crippen molar-refractivity contribution in [3.05, 3.63) is 60.2 Å². The Hall–Kier alpha value is -1.74. The molecule has 84 valence electrons. The van der Waals surface area contributed by atoms with E-state index in [9.17, 15) is 0 Å². The van der Waals surface area contributed by atoms with Gasteiger partial charge in [0.2, 0.25) is 0 Å². The van der Waals surface area contributed by atoms with Gasteiger partial charge in [0.15, 0.2) is 0 Å². The van der Waals surface area contributed by atoms with E-state index in [0.717, 1.165) is 5.56 Å². The Kier molecular flexibility index (Phi) is 2.61. The summed E-state index contributed by atoms with van der Waals surface area (Å²) in [4.78, 5) is 2.58. The van der Waals surface area contributed by atoms with Crippen LogP contribution in [-0.4, -0.2) is 0 Å². The first-order valence-corrected chi connectivity index (χ1v) is 5.85. The molecule has 0 atom stereocenters. The van der Waals surface area contributed by atoms with Gasteiger partial charge in [-0.05, 0) is 0 Å². The predicted octanol–water partition coefficient (Wildman–Crippen LogP) is 3.85. The van der Waals surface area contributed by atoms with E-state index in [1.54, 1.807) is 0 Å². The van der Waals surface area contributed by atoms with Crippen molar-refractivity contribution < 1.29 is 16.0 Å². The summed E-state index contributed by atoms with van der Waals surface area (Å²) in [5, 5.41) is 4.74. The first-order chi connectivity index (χ1) is 8.40. The van der Waals surface area contributed by atoms with Crippen molar-refractivity contribution in [3.8, 4) is 10.7 Å². The zero-order valence-corrected chi connectivity index (χ0v) is 9.94. The summed E-state index contributed by atoms with van der Waals surface area (Å²) >= 11 is 4.94. The van der Waals surface area contributed by atoms with Gasteiger partial charge in [0, 0.05) is 0 Å². The van der Waals surface area contributed by atoms with Gasteiger partial charge in [-0.1, -0.05) is 0 Å². The Balaban J connectivity index is 2.59. The molecule has 0 bridgehead atoms. The van der Waals surface area contributed by atoms with E-state index in [0.29, 0.717) is 0 Å². The summed E-state index contributed by atoms with van der Waals surface area (Å²) in [5.41, 5.74) is 1.03. The normalized spacial score (nSPS) is 10.2. The molecule has 0 saturated carbocycles. The van der Waals surface area contributed by atoms with Crippen LogP contribution in [0.3, 0.4) is 0 Å². The molecule has 3 rings (SSSR count). The van der Waals surface area contributed by atoms with Crippen LogP contribution in [0.2, 0.25) is 0 Å². The molecule has 0 nitrogen and oxygen atoms in total. The maximum atomic E-state index is 4.94. The van der Waals surface area contributed by atoms with E-state index in [-0.39, 0.29) is 0 Å².